The number of aryl methyl sites for hydroxylation is 1. The quantitative estimate of drug-likeness (QED) is 0.622. The number of ether oxygens (including phenoxy) is 2. The normalized spacial score (nSPS) is 10.2. The van der Waals surface area contributed by atoms with E-state index in [-0.39, 0.29) is 25.6 Å². The van der Waals surface area contributed by atoms with E-state index in [0.717, 1.165) is 0 Å². The zero-order chi connectivity index (χ0) is 14.4. The van der Waals surface area contributed by atoms with E-state index in [0.29, 0.717) is 17.1 Å². The minimum absolute atomic E-state index is 0.116. The molecule has 0 spiro atoms. The minimum Gasteiger partial charge on any atom is -0.493 e. The molecule has 1 aromatic carbocycles. The Balaban J connectivity index is 1.67. The lowest BCUT2D eigenvalue weighted by molar-refractivity contribution is -0.145. The molecule has 0 amide bonds. The Bertz CT molecular complexity index is 583. The first-order valence-electron chi connectivity index (χ1n) is 6.12. The highest BCUT2D eigenvalue weighted by Gasteiger charge is 2.06. The maximum atomic E-state index is 11.5. The largest absolute Gasteiger partial charge is 0.493 e. The summed E-state index contributed by atoms with van der Waals surface area (Å²) >= 11 is 0. The molecule has 7 nitrogen and oxygen atoms in total. The van der Waals surface area contributed by atoms with E-state index in [4.69, 9.17) is 15.2 Å². The number of rotatable bonds is 6. The molecule has 106 valence electrons. The van der Waals surface area contributed by atoms with Crippen molar-refractivity contribution in [3.63, 3.8) is 0 Å². The van der Waals surface area contributed by atoms with Gasteiger partial charge in [0, 0.05) is 18.8 Å². The lowest BCUT2D eigenvalue weighted by atomic mass is 10.3. The summed E-state index contributed by atoms with van der Waals surface area (Å²) in [6.45, 7) is 0.355. The Hall–Kier alpha value is -2.57. The Morgan fingerprint density at radius 1 is 1.45 bits per heavy atom. The lowest BCUT2D eigenvalue weighted by Crippen LogP contribution is -2.10. The number of carbonyl (C=O) groups is 1. The number of benzene rings is 1. The van der Waals surface area contributed by atoms with Crippen molar-refractivity contribution in [2.24, 2.45) is 7.05 Å². The summed E-state index contributed by atoms with van der Waals surface area (Å²) < 4.78 is 12.0. The van der Waals surface area contributed by atoms with Crippen LogP contribution in [0.3, 0.4) is 0 Å². The van der Waals surface area contributed by atoms with Gasteiger partial charge in [-0.2, -0.15) is 0 Å². The Morgan fingerprint density at radius 3 is 3.00 bits per heavy atom. The highest BCUT2D eigenvalue weighted by molar-refractivity contribution is 5.69. The molecule has 0 aliphatic heterocycles. The molecule has 0 saturated carbocycles. The smallest absolute Gasteiger partial charge is 0.309 e. The summed E-state index contributed by atoms with van der Waals surface area (Å²) in [5.41, 5.74) is 6.84. The zero-order valence-corrected chi connectivity index (χ0v) is 11.2. The predicted octanol–water partition coefficient (Wildman–Crippen LogP) is 0.910. The predicted molar refractivity (Wildman–Crippen MR) is 71.8 cm³/mol. The molecule has 0 aliphatic rings. The molecule has 1 aromatic heterocycles. The summed E-state index contributed by atoms with van der Waals surface area (Å²) in [6, 6.07) is 7.03. The van der Waals surface area contributed by atoms with Crippen LogP contribution in [0.25, 0.3) is 0 Å². The Labute approximate surface area is 116 Å². The highest BCUT2D eigenvalue weighted by atomic mass is 16.5. The summed E-state index contributed by atoms with van der Waals surface area (Å²) in [5, 5.41) is 7.56. The number of hydrogen-bond donors (Lipinski definition) is 1. The number of carbonyl (C=O) groups excluding carboxylic acids is 1. The molecule has 1 heterocycles. The SMILES string of the molecule is Cn1cc(COC(=O)CCOc2cccc(N)c2)nn1. The van der Waals surface area contributed by atoms with Gasteiger partial charge in [-0.15, -0.1) is 5.10 Å². The zero-order valence-electron chi connectivity index (χ0n) is 11.2. The van der Waals surface area contributed by atoms with Crippen molar-refractivity contribution in [2.75, 3.05) is 12.3 Å². The van der Waals surface area contributed by atoms with Gasteiger partial charge in [0.2, 0.25) is 0 Å². The van der Waals surface area contributed by atoms with Crippen LogP contribution >= 0.6 is 0 Å². The van der Waals surface area contributed by atoms with Gasteiger partial charge in [0.05, 0.1) is 19.2 Å². The summed E-state index contributed by atoms with van der Waals surface area (Å²) in [5.74, 6) is 0.284. The molecule has 0 atom stereocenters. The van der Waals surface area contributed by atoms with Crippen LogP contribution in [-0.2, 0) is 23.2 Å². The minimum atomic E-state index is -0.348. The maximum Gasteiger partial charge on any atom is 0.309 e. The van der Waals surface area contributed by atoms with Gasteiger partial charge in [-0.05, 0) is 12.1 Å². The lowest BCUT2D eigenvalue weighted by Gasteiger charge is -2.06. The van der Waals surface area contributed by atoms with Gasteiger partial charge in [-0.1, -0.05) is 11.3 Å². The van der Waals surface area contributed by atoms with Crippen molar-refractivity contribution in [3.8, 4) is 5.75 Å². The van der Waals surface area contributed by atoms with Gasteiger partial charge < -0.3 is 15.2 Å². The summed E-state index contributed by atoms with van der Waals surface area (Å²) in [7, 11) is 1.75. The second-order valence-electron chi connectivity index (χ2n) is 4.22. The molecule has 2 N–H and O–H groups in total. The fraction of sp³-hybridized carbons (Fsp3) is 0.308. The Morgan fingerprint density at radius 2 is 2.30 bits per heavy atom. The molecule has 0 bridgehead atoms. The van der Waals surface area contributed by atoms with E-state index in [1.807, 2.05) is 0 Å². The fourth-order valence-electron chi connectivity index (χ4n) is 1.54. The molecule has 20 heavy (non-hydrogen) atoms. The van der Waals surface area contributed by atoms with E-state index in [1.165, 1.54) is 0 Å². The average molecular weight is 276 g/mol. The monoisotopic (exact) mass is 276 g/mol. The van der Waals surface area contributed by atoms with Crippen molar-refractivity contribution in [2.45, 2.75) is 13.0 Å². The number of nitrogen functional groups attached to an aromatic ring is 1. The highest BCUT2D eigenvalue weighted by Crippen LogP contribution is 2.14. The molecule has 2 rings (SSSR count). The van der Waals surface area contributed by atoms with Gasteiger partial charge in [-0.3, -0.25) is 9.48 Å². The number of anilines is 1. The molecule has 0 unspecified atom stereocenters. The molecule has 0 aliphatic carbocycles. The second kappa shape index (κ2) is 6.55. The van der Waals surface area contributed by atoms with Gasteiger partial charge in [0.15, 0.2) is 0 Å². The number of esters is 1. The molecule has 0 saturated heterocycles. The van der Waals surface area contributed by atoms with Crippen molar-refractivity contribution < 1.29 is 14.3 Å². The number of aromatic nitrogens is 3. The van der Waals surface area contributed by atoms with Crippen molar-refractivity contribution >= 4 is 11.7 Å². The van der Waals surface area contributed by atoms with Crippen LogP contribution < -0.4 is 10.5 Å². The van der Waals surface area contributed by atoms with Gasteiger partial charge in [0.25, 0.3) is 0 Å². The van der Waals surface area contributed by atoms with Crippen LogP contribution in [-0.4, -0.2) is 27.6 Å². The maximum absolute atomic E-state index is 11.5. The van der Waals surface area contributed by atoms with Gasteiger partial charge in [0.1, 0.15) is 18.1 Å². The number of nitrogens with two attached hydrogens (primary N) is 1. The van der Waals surface area contributed by atoms with E-state index >= 15 is 0 Å². The van der Waals surface area contributed by atoms with E-state index < -0.39 is 0 Å². The molecular weight excluding hydrogens is 260 g/mol. The first kappa shape index (κ1) is 13.9. The topological polar surface area (TPSA) is 92.3 Å². The second-order valence-corrected chi connectivity index (χ2v) is 4.22. The molecule has 7 heteroatoms. The Kier molecular flexibility index (Phi) is 4.54. The summed E-state index contributed by atoms with van der Waals surface area (Å²) in [4.78, 5) is 11.5. The van der Waals surface area contributed by atoms with Gasteiger partial charge >= 0.3 is 5.97 Å². The third kappa shape index (κ3) is 4.27. The van der Waals surface area contributed by atoms with Crippen LogP contribution in [0.1, 0.15) is 12.1 Å². The van der Waals surface area contributed by atoms with Crippen LogP contribution in [0.5, 0.6) is 5.75 Å². The first-order chi connectivity index (χ1) is 9.63. The van der Waals surface area contributed by atoms with Crippen LogP contribution in [0.2, 0.25) is 0 Å². The molecule has 0 radical (unpaired) electrons. The standard InChI is InChI=1S/C13H16N4O3/c1-17-8-11(15-16-17)9-20-13(18)5-6-19-12-4-2-3-10(14)7-12/h2-4,7-8H,5-6,9,14H2,1H3. The van der Waals surface area contributed by atoms with E-state index in [9.17, 15) is 4.79 Å². The summed E-state index contributed by atoms with van der Waals surface area (Å²) in [6.07, 6.45) is 1.85. The molecular formula is C13H16N4O3. The third-order valence-electron chi connectivity index (χ3n) is 2.46. The van der Waals surface area contributed by atoms with Crippen molar-refractivity contribution in [3.05, 3.63) is 36.2 Å². The van der Waals surface area contributed by atoms with E-state index in [1.54, 1.807) is 42.2 Å². The van der Waals surface area contributed by atoms with Crippen LogP contribution in [0.15, 0.2) is 30.5 Å². The van der Waals surface area contributed by atoms with E-state index in [2.05, 4.69) is 10.3 Å². The third-order valence-corrected chi connectivity index (χ3v) is 2.46. The van der Waals surface area contributed by atoms with Crippen LogP contribution in [0, 0.1) is 0 Å². The number of hydrogen-bond acceptors (Lipinski definition) is 6. The van der Waals surface area contributed by atoms with Gasteiger partial charge in [-0.25, -0.2) is 0 Å². The first-order valence-corrected chi connectivity index (χ1v) is 6.12. The number of nitrogens with zero attached hydrogens (tertiary/aromatic N) is 3. The molecule has 2 aromatic rings. The van der Waals surface area contributed by atoms with Crippen molar-refractivity contribution in [1.82, 2.24) is 15.0 Å². The van der Waals surface area contributed by atoms with Crippen molar-refractivity contribution in [1.29, 1.82) is 0 Å². The average Bonchev–Trinajstić information content (AvgIpc) is 2.82. The fourth-order valence-corrected chi connectivity index (χ4v) is 1.54. The van der Waals surface area contributed by atoms with Crippen LogP contribution in [0.4, 0.5) is 5.69 Å². The molecule has 0 fully saturated rings.